The minimum atomic E-state index is -0.113. The largest absolute Gasteiger partial charge is 0.352 e. The van der Waals surface area contributed by atoms with E-state index in [1.54, 1.807) is 23.5 Å². The van der Waals surface area contributed by atoms with Crippen molar-refractivity contribution in [1.82, 2.24) is 19.9 Å². The first-order valence-electron chi connectivity index (χ1n) is 6.72. The zero-order valence-electron chi connectivity index (χ0n) is 11.6. The number of pyridine rings is 1. The van der Waals surface area contributed by atoms with Gasteiger partial charge in [-0.25, -0.2) is 0 Å². The molecule has 0 atom stereocenters. The summed E-state index contributed by atoms with van der Waals surface area (Å²) in [5.74, 6) is 0.723. The number of aromatic nitrogens is 3. The summed E-state index contributed by atoms with van der Waals surface area (Å²) < 4.78 is 2.97. The van der Waals surface area contributed by atoms with Gasteiger partial charge in [0.05, 0.1) is 3.79 Å². The highest BCUT2D eigenvalue weighted by atomic mass is 79.9. The fourth-order valence-electron chi connectivity index (χ4n) is 1.99. The second-order valence-corrected chi connectivity index (χ2v) is 7.06. The van der Waals surface area contributed by atoms with Crippen LogP contribution in [0.1, 0.15) is 10.7 Å². The second-order valence-electron chi connectivity index (χ2n) is 4.56. The summed E-state index contributed by atoms with van der Waals surface area (Å²) >= 11 is 4.97. The van der Waals surface area contributed by atoms with E-state index in [9.17, 15) is 4.79 Å². The van der Waals surface area contributed by atoms with Crippen LogP contribution in [-0.2, 0) is 11.2 Å². The van der Waals surface area contributed by atoms with E-state index < -0.39 is 0 Å². The number of nitrogens with zero attached hydrogens (tertiary/aromatic N) is 3. The van der Waals surface area contributed by atoms with Gasteiger partial charge in [-0.05, 0) is 46.3 Å². The Kier molecular flexibility index (Phi) is 4.65. The zero-order chi connectivity index (χ0) is 15.4. The molecule has 0 unspecified atom stereocenters. The molecule has 22 heavy (non-hydrogen) atoms. The maximum Gasteiger partial charge on any atom is 0.244 e. The molecular formula is C15H13BrN4OS. The van der Waals surface area contributed by atoms with Gasteiger partial charge in [0.15, 0.2) is 5.65 Å². The molecule has 0 aromatic carbocycles. The van der Waals surface area contributed by atoms with E-state index in [4.69, 9.17) is 0 Å². The lowest BCUT2D eigenvalue weighted by atomic mass is 10.3. The molecule has 0 bridgehead atoms. The first-order chi connectivity index (χ1) is 10.7. The second kappa shape index (κ2) is 6.85. The van der Waals surface area contributed by atoms with Crippen molar-refractivity contribution in [2.45, 2.75) is 6.42 Å². The quantitative estimate of drug-likeness (QED) is 0.696. The number of nitrogens with one attached hydrogen (secondary N) is 1. The minimum Gasteiger partial charge on any atom is -0.352 e. The summed E-state index contributed by atoms with van der Waals surface area (Å²) in [4.78, 5) is 12.8. The van der Waals surface area contributed by atoms with Gasteiger partial charge in [0, 0.05) is 30.1 Å². The molecule has 7 heteroatoms. The molecule has 1 amide bonds. The fraction of sp³-hybridized carbons (Fsp3) is 0.133. The van der Waals surface area contributed by atoms with E-state index in [1.807, 2.05) is 40.9 Å². The number of rotatable bonds is 5. The highest BCUT2D eigenvalue weighted by Crippen LogP contribution is 2.22. The van der Waals surface area contributed by atoms with Crippen LogP contribution in [0.5, 0.6) is 0 Å². The van der Waals surface area contributed by atoms with Crippen molar-refractivity contribution in [3.05, 3.63) is 57.1 Å². The van der Waals surface area contributed by atoms with Gasteiger partial charge in [0.2, 0.25) is 5.91 Å². The van der Waals surface area contributed by atoms with Gasteiger partial charge in [0.1, 0.15) is 5.82 Å². The first kappa shape index (κ1) is 14.9. The van der Waals surface area contributed by atoms with Gasteiger partial charge >= 0.3 is 0 Å². The Morgan fingerprint density at radius 1 is 1.32 bits per heavy atom. The molecule has 112 valence electrons. The van der Waals surface area contributed by atoms with Crippen LogP contribution < -0.4 is 5.32 Å². The molecule has 0 aliphatic carbocycles. The molecular weight excluding hydrogens is 364 g/mol. The smallest absolute Gasteiger partial charge is 0.244 e. The van der Waals surface area contributed by atoms with Crippen molar-refractivity contribution in [2.24, 2.45) is 0 Å². The van der Waals surface area contributed by atoms with Crippen LogP contribution in [0.15, 0.2) is 46.4 Å². The van der Waals surface area contributed by atoms with Crippen molar-refractivity contribution >= 4 is 44.9 Å². The van der Waals surface area contributed by atoms with E-state index in [2.05, 4.69) is 31.4 Å². The molecule has 0 radical (unpaired) electrons. The lowest BCUT2D eigenvalue weighted by Crippen LogP contribution is -2.24. The number of carbonyl (C=O) groups is 1. The Bertz CT molecular complexity index is 824. The first-order valence-corrected chi connectivity index (χ1v) is 8.33. The average Bonchev–Trinajstić information content (AvgIpc) is 3.12. The summed E-state index contributed by atoms with van der Waals surface area (Å²) in [5, 5.41) is 11.1. The molecule has 3 aromatic rings. The SMILES string of the molecule is O=C(C=Cc1ccc(Br)s1)NCCc1nnc2ccccn12. The molecule has 1 N–H and O–H groups in total. The van der Waals surface area contributed by atoms with Crippen LogP contribution >= 0.6 is 27.3 Å². The third kappa shape index (κ3) is 3.61. The van der Waals surface area contributed by atoms with E-state index in [1.165, 1.54) is 0 Å². The van der Waals surface area contributed by atoms with E-state index in [0.29, 0.717) is 13.0 Å². The van der Waals surface area contributed by atoms with Gasteiger partial charge in [-0.2, -0.15) is 0 Å². The normalized spacial score (nSPS) is 11.3. The molecule has 0 aliphatic rings. The Hall–Kier alpha value is -1.99. The van der Waals surface area contributed by atoms with Gasteiger partial charge in [0.25, 0.3) is 0 Å². The van der Waals surface area contributed by atoms with Crippen molar-refractivity contribution < 1.29 is 4.79 Å². The average molecular weight is 377 g/mol. The molecule has 5 nitrogen and oxygen atoms in total. The lowest BCUT2D eigenvalue weighted by Gasteiger charge is -2.01. The molecule has 0 fully saturated rings. The molecule has 0 aliphatic heterocycles. The number of carbonyl (C=O) groups excluding carboxylic acids is 1. The summed E-state index contributed by atoms with van der Waals surface area (Å²) in [6, 6.07) is 9.67. The Morgan fingerprint density at radius 2 is 2.23 bits per heavy atom. The molecule has 3 rings (SSSR count). The predicted octanol–water partition coefficient (Wildman–Crippen LogP) is 2.93. The highest BCUT2D eigenvalue weighted by molar-refractivity contribution is 9.11. The van der Waals surface area contributed by atoms with E-state index in [-0.39, 0.29) is 5.91 Å². The zero-order valence-corrected chi connectivity index (χ0v) is 14.0. The van der Waals surface area contributed by atoms with Crippen LogP contribution in [0.4, 0.5) is 0 Å². The Labute approximate surface area is 139 Å². The maximum absolute atomic E-state index is 11.8. The van der Waals surface area contributed by atoms with E-state index in [0.717, 1.165) is 20.1 Å². The highest BCUT2D eigenvalue weighted by Gasteiger charge is 2.04. The number of fused-ring (bicyclic) bond motifs is 1. The summed E-state index contributed by atoms with van der Waals surface area (Å²) in [6.07, 6.45) is 5.90. The van der Waals surface area contributed by atoms with Crippen LogP contribution in [0.2, 0.25) is 0 Å². The van der Waals surface area contributed by atoms with Crippen molar-refractivity contribution in [1.29, 1.82) is 0 Å². The van der Waals surface area contributed by atoms with Crippen molar-refractivity contribution in [3.63, 3.8) is 0 Å². The van der Waals surface area contributed by atoms with Crippen molar-refractivity contribution in [3.8, 4) is 0 Å². The molecule has 3 heterocycles. The van der Waals surface area contributed by atoms with Gasteiger partial charge in [-0.3, -0.25) is 9.20 Å². The summed E-state index contributed by atoms with van der Waals surface area (Å²) in [5.41, 5.74) is 0.812. The third-order valence-electron chi connectivity index (χ3n) is 3.03. The van der Waals surface area contributed by atoms with Gasteiger partial charge in [-0.15, -0.1) is 21.5 Å². The number of hydrogen-bond donors (Lipinski definition) is 1. The topological polar surface area (TPSA) is 59.3 Å². The summed E-state index contributed by atoms with van der Waals surface area (Å²) in [7, 11) is 0. The van der Waals surface area contributed by atoms with Gasteiger partial charge < -0.3 is 5.32 Å². The van der Waals surface area contributed by atoms with Crippen LogP contribution in [0.3, 0.4) is 0 Å². The molecule has 0 spiro atoms. The number of thiophene rings is 1. The molecule has 0 saturated heterocycles. The van der Waals surface area contributed by atoms with Crippen LogP contribution in [0, 0.1) is 0 Å². The van der Waals surface area contributed by atoms with Crippen LogP contribution in [0.25, 0.3) is 11.7 Å². The van der Waals surface area contributed by atoms with Crippen molar-refractivity contribution in [2.75, 3.05) is 6.54 Å². The standard InChI is InChI=1S/C15H13BrN4OS/c16-12-6-4-11(22-12)5-7-15(21)17-9-8-14-19-18-13-3-1-2-10-20(13)14/h1-7,10H,8-9H2,(H,17,21). The van der Waals surface area contributed by atoms with Gasteiger partial charge in [-0.1, -0.05) is 6.07 Å². The predicted molar refractivity (Wildman–Crippen MR) is 90.8 cm³/mol. The minimum absolute atomic E-state index is 0.113. The lowest BCUT2D eigenvalue weighted by molar-refractivity contribution is -0.116. The number of amides is 1. The number of halogens is 1. The fourth-order valence-corrected chi connectivity index (χ4v) is 3.32. The van der Waals surface area contributed by atoms with Crippen LogP contribution in [-0.4, -0.2) is 27.0 Å². The maximum atomic E-state index is 11.8. The Balaban J connectivity index is 1.52. The Morgan fingerprint density at radius 3 is 3.05 bits per heavy atom. The molecule has 3 aromatic heterocycles. The number of hydrogen-bond acceptors (Lipinski definition) is 4. The van der Waals surface area contributed by atoms with E-state index >= 15 is 0 Å². The summed E-state index contributed by atoms with van der Waals surface area (Å²) in [6.45, 7) is 0.521. The third-order valence-corrected chi connectivity index (χ3v) is 4.61. The monoisotopic (exact) mass is 376 g/mol. The molecule has 0 saturated carbocycles.